The Kier molecular flexibility index (Phi) is 4.08. The molecule has 1 aromatic rings. The minimum absolute atomic E-state index is 0.0421. The van der Waals surface area contributed by atoms with Crippen LogP contribution in [0, 0.1) is 13.8 Å². The summed E-state index contributed by atoms with van der Waals surface area (Å²) >= 11 is 1.25. The lowest BCUT2D eigenvalue weighted by atomic mass is 10.2. The summed E-state index contributed by atoms with van der Waals surface area (Å²) < 4.78 is 0. The van der Waals surface area contributed by atoms with Crippen molar-refractivity contribution in [1.29, 1.82) is 0 Å². The molecule has 1 rings (SSSR count). The topological polar surface area (TPSA) is 63.1 Å². The second-order valence-electron chi connectivity index (χ2n) is 3.19. The lowest BCUT2D eigenvalue weighted by molar-refractivity contribution is -0.133. The van der Waals surface area contributed by atoms with E-state index in [9.17, 15) is 4.79 Å². The Morgan fingerprint density at radius 1 is 1.40 bits per heavy atom. The SMILES string of the molecule is CCc1nc(C)c(C)c(SCC(=O)O)n1. The molecule has 0 fully saturated rings. The van der Waals surface area contributed by atoms with E-state index in [0.717, 1.165) is 28.5 Å². The van der Waals surface area contributed by atoms with Gasteiger partial charge in [-0.2, -0.15) is 0 Å². The first kappa shape index (κ1) is 12.0. The van der Waals surface area contributed by atoms with Crippen molar-refractivity contribution in [3.05, 3.63) is 17.1 Å². The minimum Gasteiger partial charge on any atom is -0.481 e. The minimum atomic E-state index is -0.825. The quantitative estimate of drug-likeness (QED) is 0.627. The zero-order valence-electron chi connectivity index (χ0n) is 9.07. The number of carbonyl (C=O) groups is 1. The van der Waals surface area contributed by atoms with Gasteiger partial charge in [-0.1, -0.05) is 18.7 Å². The molecule has 0 saturated heterocycles. The fraction of sp³-hybridized carbons (Fsp3) is 0.500. The van der Waals surface area contributed by atoms with Crippen molar-refractivity contribution in [3.8, 4) is 0 Å². The van der Waals surface area contributed by atoms with Crippen LogP contribution in [0.1, 0.15) is 24.0 Å². The van der Waals surface area contributed by atoms with Crippen LogP contribution < -0.4 is 0 Å². The molecule has 0 amide bonds. The highest BCUT2D eigenvalue weighted by Crippen LogP contribution is 2.21. The average Bonchev–Trinajstić information content (AvgIpc) is 2.19. The Bertz CT molecular complexity index is 380. The van der Waals surface area contributed by atoms with E-state index in [0.29, 0.717) is 0 Å². The van der Waals surface area contributed by atoms with E-state index in [2.05, 4.69) is 9.97 Å². The van der Waals surface area contributed by atoms with Crippen LogP contribution >= 0.6 is 11.8 Å². The second-order valence-corrected chi connectivity index (χ2v) is 4.16. The van der Waals surface area contributed by atoms with Crippen LogP contribution in [0.4, 0.5) is 0 Å². The van der Waals surface area contributed by atoms with Crippen LogP contribution in [0.2, 0.25) is 0 Å². The van der Waals surface area contributed by atoms with Gasteiger partial charge in [-0.05, 0) is 13.8 Å². The van der Waals surface area contributed by atoms with Crippen molar-refractivity contribution < 1.29 is 9.90 Å². The monoisotopic (exact) mass is 226 g/mol. The zero-order valence-corrected chi connectivity index (χ0v) is 9.89. The van der Waals surface area contributed by atoms with Crippen LogP contribution in [0.3, 0.4) is 0 Å². The molecular weight excluding hydrogens is 212 g/mol. The maximum Gasteiger partial charge on any atom is 0.313 e. The molecule has 0 radical (unpaired) electrons. The molecular formula is C10H14N2O2S. The number of hydrogen-bond acceptors (Lipinski definition) is 4. The molecule has 1 N–H and O–H groups in total. The van der Waals surface area contributed by atoms with Gasteiger partial charge in [0.05, 0.1) is 5.75 Å². The van der Waals surface area contributed by atoms with Crippen LogP contribution in [0.5, 0.6) is 0 Å². The van der Waals surface area contributed by atoms with Gasteiger partial charge >= 0.3 is 5.97 Å². The molecule has 1 heterocycles. The fourth-order valence-corrected chi connectivity index (χ4v) is 1.88. The van der Waals surface area contributed by atoms with Gasteiger partial charge < -0.3 is 5.11 Å². The van der Waals surface area contributed by atoms with E-state index in [1.54, 1.807) is 0 Å². The van der Waals surface area contributed by atoms with E-state index in [4.69, 9.17) is 5.11 Å². The second kappa shape index (κ2) is 5.11. The number of thioether (sulfide) groups is 1. The average molecular weight is 226 g/mol. The third-order valence-electron chi connectivity index (χ3n) is 2.04. The Morgan fingerprint density at radius 2 is 2.07 bits per heavy atom. The van der Waals surface area contributed by atoms with E-state index in [1.807, 2.05) is 20.8 Å². The summed E-state index contributed by atoms with van der Waals surface area (Å²) in [5.74, 6) is -0.0137. The number of hydrogen-bond donors (Lipinski definition) is 1. The third kappa shape index (κ3) is 3.20. The van der Waals surface area contributed by atoms with Crippen LogP contribution in [0.15, 0.2) is 5.03 Å². The molecule has 0 aromatic carbocycles. The third-order valence-corrected chi connectivity index (χ3v) is 3.10. The molecule has 0 aliphatic heterocycles. The molecule has 15 heavy (non-hydrogen) atoms. The van der Waals surface area contributed by atoms with Gasteiger partial charge in [-0.15, -0.1) is 0 Å². The van der Waals surface area contributed by atoms with Crippen molar-refractivity contribution in [1.82, 2.24) is 9.97 Å². The molecule has 4 nitrogen and oxygen atoms in total. The maximum absolute atomic E-state index is 10.5. The van der Waals surface area contributed by atoms with Crippen LogP contribution in [0.25, 0.3) is 0 Å². The summed E-state index contributed by atoms with van der Waals surface area (Å²) in [6.07, 6.45) is 0.766. The molecule has 0 spiro atoms. The van der Waals surface area contributed by atoms with Crippen LogP contribution in [-0.4, -0.2) is 26.8 Å². The molecule has 0 bridgehead atoms. The summed E-state index contributed by atoms with van der Waals surface area (Å²) in [5.41, 5.74) is 1.90. The molecule has 0 aliphatic carbocycles. The van der Waals surface area contributed by atoms with Gasteiger partial charge in [0.1, 0.15) is 10.9 Å². The standard InChI is InChI=1S/C10H14N2O2S/c1-4-8-11-7(3)6(2)10(12-8)15-5-9(13)14/h4-5H2,1-3H3,(H,13,14). The Morgan fingerprint density at radius 3 is 2.60 bits per heavy atom. The van der Waals surface area contributed by atoms with Gasteiger partial charge in [0, 0.05) is 17.7 Å². The number of rotatable bonds is 4. The predicted octanol–water partition coefficient (Wildman–Crippen LogP) is 1.83. The first-order chi connectivity index (χ1) is 7.04. The summed E-state index contributed by atoms with van der Waals surface area (Å²) in [7, 11) is 0. The lowest BCUT2D eigenvalue weighted by Crippen LogP contribution is -2.04. The van der Waals surface area contributed by atoms with Gasteiger partial charge in [0.25, 0.3) is 0 Å². The summed E-state index contributed by atoms with van der Waals surface area (Å²) in [6, 6.07) is 0. The van der Waals surface area contributed by atoms with E-state index >= 15 is 0 Å². The highest BCUT2D eigenvalue weighted by molar-refractivity contribution is 7.99. The predicted molar refractivity (Wildman–Crippen MR) is 59.2 cm³/mol. The van der Waals surface area contributed by atoms with Crippen LogP contribution in [-0.2, 0) is 11.2 Å². The summed E-state index contributed by atoms with van der Waals surface area (Å²) in [4.78, 5) is 19.1. The normalized spacial score (nSPS) is 10.3. The van der Waals surface area contributed by atoms with E-state index in [-0.39, 0.29) is 5.75 Å². The van der Waals surface area contributed by atoms with E-state index in [1.165, 1.54) is 11.8 Å². The van der Waals surface area contributed by atoms with Gasteiger partial charge in [-0.25, -0.2) is 9.97 Å². The van der Waals surface area contributed by atoms with Crippen molar-refractivity contribution >= 4 is 17.7 Å². The maximum atomic E-state index is 10.5. The largest absolute Gasteiger partial charge is 0.481 e. The smallest absolute Gasteiger partial charge is 0.313 e. The Hall–Kier alpha value is -1.10. The molecule has 0 atom stereocenters. The fourth-order valence-electron chi connectivity index (χ4n) is 1.09. The van der Waals surface area contributed by atoms with Crippen molar-refractivity contribution in [2.24, 2.45) is 0 Å². The number of aromatic nitrogens is 2. The molecule has 1 aromatic heterocycles. The number of aryl methyl sites for hydroxylation is 2. The highest BCUT2D eigenvalue weighted by atomic mass is 32.2. The van der Waals surface area contributed by atoms with Gasteiger partial charge in [-0.3, -0.25) is 4.79 Å². The number of aliphatic carboxylic acids is 1. The Balaban J connectivity index is 2.94. The molecule has 0 aliphatic rings. The molecule has 82 valence electrons. The summed E-state index contributed by atoms with van der Waals surface area (Å²) in [6.45, 7) is 5.82. The first-order valence-electron chi connectivity index (χ1n) is 4.73. The number of nitrogens with zero attached hydrogens (tertiary/aromatic N) is 2. The zero-order chi connectivity index (χ0) is 11.4. The summed E-state index contributed by atoms with van der Waals surface area (Å²) in [5, 5.41) is 9.38. The lowest BCUT2D eigenvalue weighted by Gasteiger charge is -2.07. The molecule has 0 unspecified atom stereocenters. The Labute approximate surface area is 93.1 Å². The van der Waals surface area contributed by atoms with Gasteiger partial charge in [0.15, 0.2) is 0 Å². The highest BCUT2D eigenvalue weighted by Gasteiger charge is 2.09. The molecule has 0 saturated carbocycles. The first-order valence-corrected chi connectivity index (χ1v) is 5.71. The number of carboxylic acid groups (broad SMARTS) is 1. The van der Waals surface area contributed by atoms with Crippen molar-refractivity contribution in [2.45, 2.75) is 32.2 Å². The van der Waals surface area contributed by atoms with Crippen molar-refractivity contribution in [3.63, 3.8) is 0 Å². The molecule has 5 heteroatoms. The van der Waals surface area contributed by atoms with E-state index < -0.39 is 5.97 Å². The van der Waals surface area contributed by atoms with Crippen molar-refractivity contribution in [2.75, 3.05) is 5.75 Å². The number of carboxylic acids is 1. The van der Waals surface area contributed by atoms with Gasteiger partial charge in [0.2, 0.25) is 0 Å².